The van der Waals surface area contributed by atoms with Crippen molar-refractivity contribution in [1.82, 2.24) is 4.31 Å². The topological polar surface area (TPSA) is 55.8 Å². The number of methoxy groups -OCH3 is 2. The van der Waals surface area contributed by atoms with Gasteiger partial charge in [-0.3, -0.25) is 0 Å². The first-order valence-electron chi connectivity index (χ1n) is 6.31. The van der Waals surface area contributed by atoms with Gasteiger partial charge in [0.15, 0.2) is 11.5 Å². The minimum Gasteiger partial charge on any atom is -0.493 e. The van der Waals surface area contributed by atoms with Gasteiger partial charge in [-0.25, -0.2) is 8.42 Å². The lowest BCUT2D eigenvalue weighted by molar-refractivity contribution is 0.353. The van der Waals surface area contributed by atoms with Crippen LogP contribution in [0.2, 0.25) is 4.34 Å². The van der Waals surface area contributed by atoms with Crippen LogP contribution in [0.25, 0.3) is 0 Å². The summed E-state index contributed by atoms with van der Waals surface area (Å²) in [6, 6.07) is 8.08. The number of thiophene rings is 1. The molecule has 1 aromatic carbocycles. The van der Waals surface area contributed by atoms with Crippen LogP contribution in [-0.2, 0) is 16.6 Å². The summed E-state index contributed by atoms with van der Waals surface area (Å²) in [6.45, 7) is 0.258. The number of halogens is 1. The van der Waals surface area contributed by atoms with Crippen LogP contribution in [0.4, 0.5) is 0 Å². The van der Waals surface area contributed by atoms with E-state index in [2.05, 4.69) is 0 Å². The Morgan fingerprint density at radius 1 is 1.14 bits per heavy atom. The fraction of sp³-hybridized carbons (Fsp3) is 0.286. The van der Waals surface area contributed by atoms with Crippen LogP contribution in [0.1, 0.15) is 4.88 Å². The van der Waals surface area contributed by atoms with Crippen molar-refractivity contribution in [3.05, 3.63) is 39.5 Å². The Labute approximate surface area is 139 Å². The van der Waals surface area contributed by atoms with Crippen molar-refractivity contribution in [3.63, 3.8) is 0 Å². The standard InChI is InChI=1S/C14H16ClNO4S2/c1-16(9-10-4-7-14(15)21-10)22(17,18)11-5-6-12(19-2)13(8-11)20-3/h4-8H,9H2,1-3H3. The van der Waals surface area contributed by atoms with E-state index in [1.165, 1.54) is 49.0 Å². The third-order valence-corrected chi connectivity index (χ3v) is 6.09. The molecule has 120 valence electrons. The molecule has 0 saturated carbocycles. The summed E-state index contributed by atoms with van der Waals surface area (Å²) in [6.07, 6.45) is 0. The fourth-order valence-corrected chi connectivity index (χ4v) is 4.29. The molecule has 8 heteroatoms. The molecule has 0 unspecified atom stereocenters. The predicted molar refractivity (Wildman–Crippen MR) is 87.5 cm³/mol. The van der Waals surface area contributed by atoms with Gasteiger partial charge >= 0.3 is 0 Å². The highest BCUT2D eigenvalue weighted by Crippen LogP contribution is 2.31. The van der Waals surface area contributed by atoms with E-state index in [0.717, 1.165) is 4.88 Å². The molecule has 0 radical (unpaired) electrons. The first kappa shape index (κ1) is 17.1. The number of benzene rings is 1. The maximum Gasteiger partial charge on any atom is 0.243 e. The molecule has 0 aliphatic carbocycles. The molecule has 0 spiro atoms. The van der Waals surface area contributed by atoms with Gasteiger partial charge in [0.05, 0.1) is 23.5 Å². The summed E-state index contributed by atoms with van der Waals surface area (Å²) >= 11 is 7.22. The Balaban J connectivity index is 2.29. The Kier molecular flexibility index (Phi) is 5.33. The van der Waals surface area contributed by atoms with E-state index < -0.39 is 10.0 Å². The number of nitrogens with zero attached hydrogens (tertiary/aromatic N) is 1. The van der Waals surface area contributed by atoms with Crippen LogP contribution in [0.3, 0.4) is 0 Å². The Hall–Kier alpha value is -1.28. The molecule has 0 aliphatic rings. The van der Waals surface area contributed by atoms with Gasteiger partial charge in [0.25, 0.3) is 0 Å². The van der Waals surface area contributed by atoms with Crippen LogP contribution in [0, 0.1) is 0 Å². The third-order valence-electron chi connectivity index (χ3n) is 3.07. The molecule has 1 heterocycles. The van der Waals surface area contributed by atoms with E-state index in [-0.39, 0.29) is 11.4 Å². The lowest BCUT2D eigenvalue weighted by atomic mass is 10.3. The zero-order valence-electron chi connectivity index (χ0n) is 12.4. The SMILES string of the molecule is COc1ccc(S(=O)(=O)N(C)Cc2ccc(Cl)s2)cc1OC. The van der Waals surface area contributed by atoms with Crippen molar-refractivity contribution >= 4 is 33.0 Å². The molecule has 0 amide bonds. The van der Waals surface area contributed by atoms with Crippen molar-refractivity contribution in [2.75, 3.05) is 21.3 Å². The average molecular weight is 362 g/mol. The number of hydrogen-bond acceptors (Lipinski definition) is 5. The van der Waals surface area contributed by atoms with Crippen LogP contribution in [0.5, 0.6) is 11.5 Å². The minimum absolute atomic E-state index is 0.148. The minimum atomic E-state index is -3.62. The molecule has 0 fully saturated rings. The second-order valence-corrected chi connectivity index (χ2v) is 8.33. The Morgan fingerprint density at radius 2 is 1.82 bits per heavy atom. The molecular weight excluding hydrogens is 346 g/mol. The summed E-state index contributed by atoms with van der Waals surface area (Å²) < 4.78 is 37.4. The van der Waals surface area contributed by atoms with E-state index in [1.54, 1.807) is 12.1 Å². The van der Waals surface area contributed by atoms with Gasteiger partial charge in [0.1, 0.15) is 0 Å². The van der Waals surface area contributed by atoms with Crippen LogP contribution >= 0.6 is 22.9 Å². The Morgan fingerprint density at radius 3 is 2.36 bits per heavy atom. The summed E-state index contributed by atoms with van der Waals surface area (Å²) in [7, 11) is 0.866. The Bertz CT molecular complexity index is 758. The average Bonchev–Trinajstić information content (AvgIpc) is 2.91. The van der Waals surface area contributed by atoms with Crippen molar-refractivity contribution < 1.29 is 17.9 Å². The zero-order chi connectivity index (χ0) is 16.3. The smallest absolute Gasteiger partial charge is 0.243 e. The van der Waals surface area contributed by atoms with Crippen LogP contribution < -0.4 is 9.47 Å². The molecular formula is C14H16ClNO4S2. The van der Waals surface area contributed by atoms with Gasteiger partial charge < -0.3 is 9.47 Å². The van der Waals surface area contributed by atoms with E-state index >= 15 is 0 Å². The number of ether oxygens (including phenoxy) is 2. The van der Waals surface area contributed by atoms with Gasteiger partial charge in [-0.05, 0) is 24.3 Å². The van der Waals surface area contributed by atoms with Gasteiger partial charge in [0, 0.05) is 24.5 Å². The van der Waals surface area contributed by atoms with E-state index in [1.807, 2.05) is 6.07 Å². The molecule has 0 atom stereocenters. The molecule has 0 N–H and O–H groups in total. The van der Waals surface area contributed by atoms with Crippen molar-refractivity contribution in [1.29, 1.82) is 0 Å². The molecule has 2 aromatic rings. The normalized spacial score (nSPS) is 11.7. The maximum absolute atomic E-state index is 12.6. The third kappa shape index (κ3) is 3.55. The van der Waals surface area contributed by atoms with Gasteiger partial charge in [-0.2, -0.15) is 4.31 Å². The lowest BCUT2D eigenvalue weighted by Gasteiger charge is -2.17. The molecule has 22 heavy (non-hydrogen) atoms. The highest BCUT2D eigenvalue weighted by Gasteiger charge is 2.23. The summed E-state index contributed by atoms with van der Waals surface area (Å²) in [4.78, 5) is 1.02. The number of hydrogen-bond donors (Lipinski definition) is 0. The predicted octanol–water partition coefficient (Wildman–Crippen LogP) is 3.24. The summed E-state index contributed by atoms with van der Waals surface area (Å²) in [5.74, 6) is 0.852. The van der Waals surface area contributed by atoms with Crippen molar-refractivity contribution in [3.8, 4) is 11.5 Å². The number of rotatable bonds is 6. The molecule has 2 rings (SSSR count). The van der Waals surface area contributed by atoms with Crippen LogP contribution in [-0.4, -0.2) is 34.0 Å². The van der Waals surface area contributed by atoms with Crippen molar-refractivity contribution in [2.45, 2.75) is 11.4 Å². The van der Waals surface area contributed by atoms with Crippen molar-refractivity contribution in [2.24, 2.45) is 0 Å². The monoisotopic (exact) mass is 361 g/mol. The quantitative estimate of drug-likeness (QED) is 0.792. The first-order valence-corrected chi connectivity index (χ1v) is 8.94. The van der Waals surface area contributed by atoms with E-state index in [9.17, 15) is 8.42 Å². The fourth-order valence-electron chi connectivity index (χ4n) is 1.90. The second-order valence-electron chi connectivity index (χ2n) is 4.48. The van der Waals surface area contributed by atoms with Crippen LogP contribution in [0.15, 0.2) is 35.2 Å². The largest absolute Gasteiger partial charge is 0.493 e. The highest BCUT2D eigenvalue weighted by molar-refractivity contribution is 7.89. The van der Waals surface area contributed by atoms with Gasteiger partial charge in [-0.1, -0.05) is 11.6 Å². The highest BCUT2D eigenvalue weighted by atomic mass is 35.5. The summed E-state index contributed by atoms with van der Waals surface area (Å²) in [5.41, 5.74) is 0. The summed E-state index contributed by atoms with van der Waals surface area (Å²) in [5, 5.41) is 0. The lowest BCUT2D eigenvalue weighted by Crippen LogP contribution is -2.26. The molecule has 0 bridgehead atoms. The number of sulfonamides is 1. The molecule has 5 nitrogen and oxygen atoms in total. The molecule has 1 aromatic heterocycles. The molecule has 0 saturated heterocycles. The van der Waals surface area contributed by atoms with Gasteiger partial charge in [0.2, 0.25) is 10.0 Å². The second kappa shape index (κ2) is 6.87. The molecule has 0 aliphatic heterocycles. The zero-order valence-corrected chi connectivity index (χ0v) is 14.8. The maximum atomic E-state index is 12.6. The van der Waals surface area contributed by atoms with E-state index in [0.29, 0.717) is 15.8 Å². The first-order chi connectivity index (χ1) is 10.4. The van der Waals surface area contributed by atoms with E-state index in [4.69, 9.17) is 21.1 Å². The van der Waals surface area contributed by atoms with Gasteiger partial charge in [-0.15, -0.1) is 11.3 Å².